The Bertz CT molecular complexity index is 915. The third-order valence-electron chi connectivity index (χ3n) is 5.58. The van der Waals surface area contributed by atoms with Crippen molar-refractivity contribution in [2.75, 3.05) is 20.2 Å². The standard InChI is InChI=1S/C23H27ClFN3O3.2ClH/c1-31-22(30)23(11-6-12-28(15-23)14-16-7-3-2-4-8-16)27-21(29)20(26)13-17-18(24)9-5-10-19(17)25;;/h2-5,7-10,20H,6,11-15,26H2,1H3,(H,27,29);2*1H. The maximum Gasteiger partial charge on any atom is 0.332 e. The molecule has 0 radical (unpaired) electrons. The van der Waals surface area contributed by atoms with Crippen LogP contribution in [0.4, 0.5) is 4.39 Å². The van der Waals surface area contributed by atoms with E-state index in [9.17, 15) is 14.0 Å². The number of ether oxygens (including phenoxy) is 1. The summed E-state index contributed by atoms with van der Waals surface area (Å²) in [5.74, 6) is -1.59. The van der Waals surface area contributed by atoms with E-state index in [0.29, 0.717) is 25.9 Å². The minimum atomic E-state index is -1.21. The van der Waals surface area contributed by atoms with Gasteiger partial charge in [-0.3, -0.25) is 9.69 Å². The van der Waals surface area contributed by atoms with Crippen LogP contribution in [0.2, 0.25) is 5.02 Å². The smallest absolute Gasteiger partial charge is 0.332 e. The molecular weight excluding hydrogens is 492 g/mol. The number of carbonyl (C=O) groups excluding carboxylic acids is 2. The summed E-state index contributed by atoms with van der Waals surface area (Å²) in [5.41, 5.74) is 6.13. The Morgan fingerprint density at radius 2 is 1.91 bits per heavy atom. The van der Waals surface area contributed by atoms with Gasteiger partial charge in [0.05, 0.1) is 13.2 Å². The molecule has 1 fully saturated rings. The number of methoxy groups -OCH3 is 1. The molecule has 1 heterocycles. The van der Waals surface area contributed by atoms with Crippen molar-refractivity contribution >= 4 is 48.3 Å². The highest BCUT2D eigenvalue weighted by Gasteiger charge is 2.45. The van der Waals surface area contributed by atoms with E-state index in [1.807, 2.05) is 30.3 Å². The van der Waals surface area contributed by atoms with E-state index in [0.717, 1.165) is 12.1 Å². The second kappa shape index (κ2) is 13.1. The topological polar surface area (TPSA) is 84.7 Å². The first-order chi connectivity index (χ1) is 14.8. The lowest BCUT2D eigenvalue weighted by Gasteiger charge is -2.41. The Morgan fingerprint density at radius 3 is 2.55 bits per heavy atom. The minimum Gasteiger partial charge on any atom is -0.467 e. The summed E-state index contributed by atoms with van der Waals surface area (Å²) in [4.78, 5) is 27.7. The summed E-state index contributed by atoms with van der Waals surface area (Å²) >= 11 is 6.06. The molecule has 2 aromatic rings. The predicted octanol–water partition coefficient (Wildman–Crippen LogP) is 3.52. The summed E-state index contributed by atoms with van der Waals surface area (Å²) in [6, 6.07) is 13.1. The number of esters is 1. The number of benzene rings is 2. The van der Waals surface area contributed by atoms with Gasteiger partial charge in [-0.05, 0) is 37.1 Å². The monoisotopic (exact) mass is 519 g/mol. The van der Waals surface area contributed by atoms with Crippen molar-refractivity contribution in [1.82, 2.24) is 10.2 Å². The number of nitrogens with two attached hydrogens (primary N) is 1. The summed E-state index contributed by atoms with van der Waals surface area (Å²) in [7, 11) is 1.30. The molecule has 2 unspecified atom stereocenters. The highest BCUT2D eigenvalue weighted by Crippen LogP contribution is 2.25. The highest BCUT2D eigenvalue weighted by molar-refractivity contribution is 6.31. The second-order valence-electron chi connectivity index (χ2n) is 7.87. The lowest BCUT2D eigenvalue weighted by molar-refractivity contribution is -0.154. The van der Waals surface area contributed by atoms with Gasteiger partial charge in [-0.1, -0.05) is 48.0 Å². The molecule has 3 N–H and O–H groups in total. The fourth-order valence-electron chi connectivity index (χ4n) is 4.00. The Balaban J connectivity index is 0.00000272. The van der Waals surface area contributed by atoms with Crippen LogP contribution in [-0.2, 0) is 27.3 Å². The molecule has 2 aromatic carbocycles. The number of amides is 1. The SMILES string of the molecule is COC(=O)C1(NC(=O)C(N)Cc2c(F)cccc2Cl)CCCN(Cc2ccccc2)C1.Cl.Cl. The van der Waals surface area contributed by atoms with Crippen LogP contribution < -0.4 is 11.1 Å². The fourth-order valence-corrected chi connectivity index (χ4v) is 4.24. The van der Waals surface area contributed by atoms with Crippen LogP contribution in [0.1, 0.15) is 24.0 Å². The number of nitrogens with one attached hydrogen (secondary N) is 1. The Morgan fingerprint density at radius 1 is 1.21 bits per heavy atom. The first kappa shape index (κ1) is 29.1. The molecule has 182 valence electrons. The molecule has 1 aliphatic heterocycles. The number of piperidine rings is 1. The predicted molar refractivity (Wildman–Crippen MR) is 131 cm³/mol. The van der Waals surface area contributed by atoms with Crippen LogP contribution in [0.25, 0.3) is 0 Å². The van der Waals surface area contributed by atoms with Crippen molar-refractivity contribution < 1.29 is 18.7 Å². The zero-order valence-electron chi connectivity index (χ0n) is 18.3. The number of nitrogens with zero attached hydrogens (tertiary/aromatic N) is 1. The Labute approximate surface area is 210 Å². The van der Waals surface area contributed by atoms with Gasteiger partial charge in [-0.15, -0.1) is 24.8 Å². The average molecular weight is 521 g/mol. The number of carbonyl (C=O) groups is 2. The van der Waals surface area contributed by atoms with Crippen molar-refractivity contribution in [2.24, 2.45) is 5.73 Å². The van der Waals surface area contributed by atoms with Crippen LogP contribution in [0.15, 0.2) is 48.5 Å². The van der Waals surface area contributed by atoms with Gasteiger partial charge in [0.25, 0.3) is 0 Å². The van der Waals surface area contributed by atoms with Crippen LogP contribution in [0, 0.1) is 5.82 Å². The maximum atomic E-state index is 14.1. The van der Waals surface area contributed by atoms with E-state index in [1.165, 1.54) is 19.2 Å². The normalized spacial score (nSPS) is 18.9. The summed E-state index contributed by atoms with van der Waals surface area (Å²) in [6.07, 6.45) is 1.06. The quantitative estimate of drug-likeness (QED) is 0.546. The molecule has 2 atom stereocenters. The van der Waals surface area contributed by atoms with Gasteiger partial charge in [0.2, 0.25) is 5.91 Å². The number of rotatable bonds is 7. The highest BCUT2D eigenvalue weighted by atomic mass is 35.5. The van der Waals surface area contributed by atoms with Crippen LogP contribution in [0.5, 0.6) is 0 Å². The molecule has 33 heavy (non-hydrogen) atoms. The summed E-state index contributed by atoms with van der Waals surface area (Å²) in [6.45, 7) is 1.74. The first-order valence-corrected chi connectivity index (χ1v) is 10.6. The van der Waals surface area contributed by atoms with Crippen LogP contribution in [0.3, 0.4) is 0 Å². The van der Waals surface area contributed by atoms with Crippen LogP contribution >= 0.6 is 36.4 Å². The molecular formula is C23H29Cl3FN3O3. The largest absolute Gasteiger partial charge is 0.467 e. The first-order valence-electron chi connectivity index (χ1n) is 10.2. The van der Waals surface area contributed by atoms with Crippen LogP contribution in [-0.4, -0.2) is 48.6 Å². The average Bonchev–Trinajstić information content (AvgIpc) is 2.76. The molecule has 0 aromatic heterocycles. The van der Waals surface area contributed by atoms with Crippen molar-refractivity contribution in [3.63, 3.8) is 0 Å². The lowest BCUT2D eigenvalue weighted by Crippen LogP contribution is -2.65. The van der Waals surface area contributed by atoms with Gasteiger partial charge in [-0.25, -0.2) is 9.18 Å². The fraction of sp³-hybridized carbons (Fsp3) is 0.391. The second-order valence-corrected chi connectivity index (χ2v) is 8.28. The molecule has 1 saturated heterocycles. The summed E-state index contributed by atoms with van der Waals surface area (Å²) < 4.78 is 19.1. The third kappa shape index (κ3) is 7.29. The zero-order chi connectivity index (χ0) is 22.4. The Hall–Kier alpha value is -1.90. The third-order valence-corrected chi connectivity index (χ3v) is 5.94. The van der Waals surface area contributed by atoms with Gasteiger partial charge in [0.15, 0.2) is 5.54 Å². The van der Waals surface area contributed by atoms with Gasteiger partial charge < -0.3 is 15.8 Å². The molecule has 0 bridgehead atoms. The number of hydrogen-bond acceptors (Lipinski definition) is 5. The zero-order valence-corrected chi connectivity index (χ0v) is 20.6. The van der Waals surface area contributed by atoms with E-state index < -0.39 is 29.3 Å². The van der Waals surface area contributed by atoms with E-state index in [1.54, 1.807) is 6.07 Å². The van der Waals surface area contributed by atoms with Crippen molar-refractivity contribution in [3.8, 4) is 0 Å². The van der Waals surface area contributed by atoms with E-state index in [2.05, 4.69) is 10.2 Å². The number of hydrogen-bond donors (Lipinski definition) is 2. The number of halogens is 4. The van der Waals surface area contributed by atoms with E-state index >= 15 is 0 Å². The number of likely N-dealkylation sites (tertiary alicyclic amines) is 1. The van der Waals surface area contributed by atoms with Gasteiger partial charge >= 0.3 is 5.97 Å². The molecule has 0 saturated carbocycles. The molecule has 0 spiro atoms. The van der Waals surface area contributed by atoms with E-state index in [-0.39, 0.29) is 41.8 Å². The molecule has 1 amide bonds. The van der Waals surface area contributed by atoms with Gasteiger partial charge in [0, 0.05) is 30.1 Å². The minimum absolute atomic E-state index is 0. The van der Waals surface area contributed by atoms with E-state index in [4.69, 9.17) is 22.1 Å². The van der Waals surface area contributed by atoms with Crippen molar-refractivity contribution in [1.29, 1.82) is 0 Å². The maximum absolute atomic E-state index is 14.1. The van der Waals surface area contributed by atoms with Gasteiger partial charge in [-0.2, -0.15) is 0 Å². The van der Waals surface area contributed by atoms with Crippen molar-refractivity contribution in [3.05, 3.63) is 70.5 Å². The van der Waals surface area contributed by atoms with Crippen molar-refractivity contribution in [2.45, 2.75) is 37.4 Å². The Kier molecular flexibility index (Phi) is 11.6. The molecule has 1 aliphatic rings. The molecule has 0 aliphatic carbocycles. The lowest BCUT2D eigenvalue weighted by atomic mass is 9.88. The molecule has 3 rings (SSSR count). The molecule has 10 heteroatoms. The molecule has 6 nitrogen and oxygen atoms in total. The summed E-state index contributed by atoms with van der Waals surface area (Å²) in [5, 5.41) is 3.02. The van der Waals surface area contributed by atoms with Gasteiger partial charge in [0.1, 0.15) is 5.82 Å².